The van der Waals surface area contributed by atoms with Gasteiger partial charge >= 0.3 is 5.97 Å². The van der Waals surface area contributed by atoms with Crippen molar-refractivity contribution in [1.82, 2.24) is 0 Å². The first kappa shape index (κ1) is 17.0. The molecule has 0 aromatic carbocycles. The summed E-state index contributed by atoms with van der Waals surface area (Å²) < 4.78 is 0. The van der Waals surface area contributed by atoms with Crippen LogP contribution in [0.4, 0.5) is 0 Å². The predicted octanol–water partition coefficient (Wildman–Crippen LogP) is 2.22. The summed E-state index contributed by atoms with van der Waals surface area (Å²) >= 11 is 0. The molecule has 136 valence electrons. The van der Waals surface area contributed by atoms with Gasteiger partial charge in [-0.3, -0.25) is 9.59 Å². The Kier molecular flexibility index (Phi) is 3.14. The Morgan fingerprint density at radius 3 is 2.60 bits per heavy atom. The van der Waals surface area contributed by atoms with Crippen LogP contribution in [-0.2, 0) is 9.59 Å². The highest BCUT2D eigenvalue weighted by molar-refractivity contribution is 6.07. The molecule has 0 heterocycles. The Morgan fingerprint density at radius 2 is 1.96 bits per heavy atom. The van der Waals surface area contributed by atoms with E-state index in [1.165, 1.54) is 0 Å². The van der Waals surface area contributed by atoms with E-state index in [1.54, 1.807) is 6.92 Å². The number of carbonyl (C=O) groups excluding carboxylic acids is 1. The summed E-state index contributed by atoms with van der Waals surface area (Å²) in [5.74, 6) is -1.18. The van der Waals surface area contributed by atoms with Gasteiger partial charge in [0.2, 0.25) is 0 Å². The quantitative estimate of drug-likeness (QED) is 0.500. The Labute approximate surface area is 147 Å². The molecule has 0 aromatic rings. The largest absolute Gasteiger partial charge is 0.481 e. The maximum absolute atomic E-state index is 13.1. The summed E-state index contributed by atoms with van der Waals surface area (Å²) in [6.45, 7) is 7.55. The minimum absolute atomic E-state index is 0.117. The molecule has 0 aromatic heterocycles. The first-order valence-electron chi connectivity index (χ1n) is 9.11. The summed E-state index contributed by atoms with van der Waals surface area (Å²) in [7, 11) is 0. The van der Waals surface area contributed by atoms with Crippen molar-refractivity contribution in [3.63, 3.8) is 0 Å². The predicted molar refractivity (Wildman–Crippen MR) is 90.7 cm³/mol. The third kappa shape index (κ3) is 1.71. The SMILES string of the molecule is C=C1C(=O)C23CCC4C(C)(C(=O)O)CCC(O)C4(C)C2=CCC1(O)C3. The molecule has 0 radical (unpaired) electrons. The van der Waals surface area contributed by atoms with Crippen LogP contribution in [0.3, 0.4) is 0 Å². The lowest BCUT2D eigenvalue weighted by Crippen LogP contribution is -2.61. The number of carbonyl (C=O) groups is 2. The fraction of sp³-hybridized carbons (Fsp3) is 0.700. The molecule has 1 spiro atoms. The number of aliphatic hydroxyl groups is 2. The molecule has 5 nitrogen and oxygen atoms in total. The van der Waals surface area contributed by atoms with Gasteiger partial charge < -0.3 is 15.3 Å². The second-order valence-corrected chi connectivity index (χ2v) is 9.07. The van der Waals surface area contributed by atoms with Crippen molar-refractivity contribution in [1.29, 1.82) is 0 Å². The molecule has 6 atom stereocenters. The molecule has 3 N–H and O–H groups in total. The number of aliphatic carboxylic acids is 1. The number of aliphatic hydroxyl groups excluding tert-OH is 1. The van der Waals surface area contributed by atoms with E-state index in [4.69, 9.17) is 0 Å². The Hall–Kier alpha value is -1.46. The van der Waals surface area contributed by atoms with Crippen LogP contribution in [0.2, 0.25) is 0 Å². The molecule has 0 saturated heterocycles. The van der Waals surface area contributed by atoms with Gasteiger partial charge in [-0.1, -0.05) is 25.2 Å². The number of rotatable bonds is 1. The zero-order valence-corrected chi connectivity index (χ0v) is 14.8. The van der Waals surface area contributed by atoms with Crippen molar-refractivity contribution in [3.8, 4) is 0 Å². The molecule has 25 heavy (non-hydrogen) atoms. The van der Waals surface area contributed by atoms with E-state index in [0.29, 0.717) is 38.5 Å². The van der Waals surface area contributed by atoms with Gasteiger partial charge in [-0.05, 0) is 51.4 Å². The second-order valence-electron chi connectivity index (χ2n) is 9.07. The minimum Gasteiger partial charge on any atom is -0.481 e. The summed E-state index contributed by atoms with van der Waals surface area (Å²) in [6, 6.07) is 0. The highest BCUT2D eigenvalue weighted by Gasteiger charge is 2.70. The third-order valence-electron chi connectivity index (χ3n) is 8.08. The van der Waals surface area contributed by atoms with Crippen molar-refractivity contribution in [3.05, 3.63) is 23.8 Å². The number of ketones is 1. The van der Waals surface area contributed by atoms with Crippen LogP contribution < -0.4 is 0 Å². The molecule has 2 bridgehead atoms. The zero-order valence-electron chi connectivity index (χ0n) is 14.8. The Morgan fingerprint density at radius 1 is 1.28 bits per heavy atom. The maximum Gasteiger partial charge on any atom is 0.309 e. The number of hydrogen-bond acceptors (Lipinski definition) is 4. The van der Waals surface area contributed by atoms with Crippen molar-refractivity contribution >= 4 is 11.8 Å². The van der Waals surface area contributed by atoms with E-state index < -0.39 is 33.9 Å². The number of carboxylic acid groups (broad SMARTS) is 1. The van der Waals surface area contributed by atoms with Crippen molar-refractivity contribution in [2.45, 2.75) is 64.1 Å². The van der Waals surface area contributed by atoms with Gasteiger partial charge in [-0.15, -0.1) is 0 Å². The average molecular weight is 346 g/mol. The Bertz CT molecular complexity index is 738. The van der Waals surface area contributed by atoms with Gasteiger partial charge in [0.25, 0.3) is 0 Å². The molecule has 5 heteroatoms. The highest BCUT2D eigenvalue weighted by Crippen LogP contribution is 2.70. The van der Waals surface area contributed by atoms with E-state index in [-0.39, 0.29) is 17.3 Å². The first-order valence-corrected chi connectivity index (χ1v) is 9.11. The van der Waals surface area contributed by atoms with Crippen LogP contribution in [0.25, 0.3) is 0 Å². The van der Waals surface area contributed by atoms with Crippen LogP contribution in [0.1, 0.15) is 52.4 Å². The standard InChI is InChI=1S/C20H26O5/c1-11-15(22)19-8-4-12-17(2,16(23)24)7-6-14(21)18(12,3)13(19)5-9-20(11,25)10-19/h5,12,14,21,25H,1,4,6-10H2,2-3H3,(H,23,24). The first-order chi connectivity index (χ1) is 11.5. The highest BCUT2D eigenvalue weighted by atomic mass is 16.4. The van der Waals surface area contributed by atoms with Crippen molar-refractivity contribution in [2.24, 2.45) is 22.2 Å². The summed E-state index contributed by atoms with van der Waals surface area (Å²) in [6.07, 6.45) is 3.79. The van der Waals surface area contributed by atoms with Crippen LogP contribution in [0.15, 0.2) is 23.8 Å². The summed E-state index contributed by atoms with van der Waals surface area (Å²) in [5, 5.41) is 31.6. The van der Waals surface area contributed by atoms with E-state index >= 15 is 0 Å². The van der Waals surface area contributed by atoms with Crippen LogP contribution in [0.5, 0.6) is 0 Å². The van der Waals surface area contributed by atoms with Gasteiger partial charge in [0.05, 0.1) is 22.5 Å². The molecule has 3 fully saturated rings. The normalized spacial score (nSPS) is 51.6. The number of fused-ring (bicyclic) bond motifs is 3. The van der Waals surface area contributed by atoms with Crippen molar-refractivity contribution < 1.29 is 24.9 Å². The monoisotopic (exact) mass is 346 g/mol. The van der Waals surface area contributed by atoms with Crippen LogP contribution in [-0.4, -0.2) is 38.8 Å². The molecule has 4 aliphatic carbocycles. The van der Waals surface area contributed by atoms with Gasteiger partial charge in [-0.2, -0.15) is 0 Å². The maximum atomic E-state index is 13.1. The number of Topliss-reactive ketones (excluding diaryl/α,β-unsaturated/α-hetero) is 1. The molecule has 3 saturated carbocycles. The average Bonchev–Trinajstić information content (AvgIpc) is 2.69. The lowest BCUT2D eigenvalue weighted by atomic mass is 9.43. The molecular formula is C20H26O5. The summed E-state index contributed by atoms with van der Waals surface area (Å²) in [5.41, 5.74) is -2.54. The van der Waals surface area contributed by atoms with Gasteiger partial charge in [0, 0.05) is 11.0 Å². The minimum atomic E-state index is -1.18. The molecule has 0 aliphatic heterocycles. The topological polar surface area (TPSA) is 94.8 Å². The molecule has 6 unspecified atom stereocenters. The van der Waals surface area contributed by atoms with E-state index in [2.05, 4.69) is 6.58 Å². The second kappa shape index (κ2) is 4.63. The molecule has 4 rings (SSSR count). The van der Waals surface area contributed by atoms with Gasteiger partial charge in [0.1, 0.15) is 0 Å². The fourth-order valence-electron chi connectivity index (χ4n) is 6.57. The summed E-state index contributed by atoms with van der Waals surface area (Å²) in [4.78, 5) is 25.1. The van der Waals surface area contributed by atoms with Crippen molar-refractivity contribution in [2.75, 3.05) is 0 Å². The smallest absolute Gasteiger partial charge is 0.309 e. The molecule has 4 aliphatic rings. The van der Waals surface area contributed by atoms with Gasteiger partial charge in [-0.25, -0.2) is 0 Å². The van der Waals surface area contributed by atoms with E-state index in [1.807, 2.05) is 13.0 Å². The third-order valence-corrected chi connectivity index (χ3v) is 8.08. The van der Waals surface area contributed by atoms with Gasteiger partial charge in [0.15, 0.2) is 5.78 Å². The van der Waals surface area contributed by atoms with E-state index in [0.717, 1.165) is 5.57 Å². The molecule has 0 amide bonds. The lowest BCUT2D eigenvalue weighted by molar-refractivity contribution is -0.172. The Balaban J connectivity index is 1.90. The zero-order chi connectivity index (χ0) is 18.4. The lowest BCUT2D eigenvalue weighted by Gasteiger charge is -2.61. The number of carboxylic acids is 1. The fourth-order valence-corrected chi connectivity index (χ4v) is 6.57. The van der Waals surface area contributed by atoms with Crippen LogP contribution >= 0.6 is 0 Å². The molecular weight excluding hydrogens is 320 g/mol. The van der Waals surface area contributed by atoms with E-state index in [9.17, 15) is 24.9 Å². The number of hydrogen-bond donors (Lipinski definition) is 3. The van der Waals surface area contributed by atoms with Crippen LogP contribution in [0, 0.1) is 22.2 Å².